The number of nitrogens with zero attached hydrogens (tertiary/aromatic N) is 1. The van der Waals surface area contributed by atoms with E-state index in [0.29, 0.717) is 29.4 Å². The fourth-order valence-corrected chi connectivity index (χ4v) is 4.32. The maximum absolute atomic E-state index is 12.5. The number of carbonyl (C=O) groups excluding carboxylic acids is 1. The first-order valence-corrected chi connectivity index (χ1v) is 12.2. The molecule has 0 saturated heterocycles. The maximum atomic E-state index is 12.5. The fourth-order valence-electron chi connectivity index (χ4n) is 4.32. The second-order valence-electron chi connectivity index (χ2n) is 8.95. The highest BCUT2D eigenvalue weighted by atomic mass is 16.6. The van der Waals surface area contributed by atoms with Gasteiger partial charge in [0.15, 0.2) is 6.61 Å². The molecule has 7 nitrogen and oxygen atoms in total. The summed E-state index contributed by atoms with van der Waals surface area (Å²) in [6.07, 6.45) is 1.93. The SMILES string of the molecule is CCCCOc1ccccc1C1C(C#N)=C(N)Oc2cc(OC(=O)COc3cc(C)cc(C)c3)ccc21. The molecule has 1 atom stereocenters. The smallest absolute Gasteiger partial charge is 0.349 e. The molecule has 1 aliphatic rings. The van der Waals surface area contributed by atoms with Crippen molar-refractivity contribution in [1.29, 1.82) is 5.26 Å². The number of unbranched alkanes of at least 4 members (excludes halogenated alkanes) is 1. The Labute approximate surface area is 217 Å². The van der Waals surface area contributed by atoms with Gasteiger partial charge in [-0.2, -0.15) is 5.26 Å². The topological polar surface area (TPSA) is 104 Å². The van der Waals surface area contributed by atoms with Gasteiger partial charge in [-0.3, -0.25) is 0 Å². The molecule has 3 aromatic rings. The Morgan fingerprint density at radius 3 is 2.49 bits per heavy atom. The predicted molar refractivity (Wildman–Crippen MR) is 140 cm³/mol. The van der Waals surface area contributed by atoms with Crippen LogP contribution in [0.5, 0.6) is 23.0 Å². The number of esters is 1. The van der Waals surface area contributed by atoms with Gasteiger partial charge in [0.05, 0.1) is 12.5 Å². The number of fused-ring (bicyclic) bond motifs is 1. The third-order valence-electron chi connectivity index (χ3n) is 5.96. The van der Waals surface area contributed by atoms with Crippen molar-refractivity contribution < 1.29 is 23.7 Å². The summed E-state index contributed by atoms with van der Waals surface area (Å²) in [5.74, 6) is 0.954. The van der Waals surface area contributed by atoms with Crippen LogP contribution >= 0.6 is 0 Å². The lowest BCUT2D eigenvalue weighted by atomic mass is 9.83. The molecule has 0 aromatic heterocycles. The normalized spacial score (nSPS) is 14.3. The average molecular weight is 499 g/mol. The lowest BCUT2D eigenvalue weighted by molar-refractivity contribution is -0.136. The quantitative estimate of drug-likeness (QED) is 0.230. The number of nitrogens with two attached hydrogens (primary N) is 1. The minimum Gasteiger partial charge on any atom is -0.493 e. The van der Waals surface area contributed by atoms with E-state index in [1.165, 1.54) is 0 Å². The van der Waals surface area contributed by atoms with Crippen LogP contribution in [0.2, 0.25) is 0 Å². The molecule has 1 unspecified atom stereocenters. The lowest BCUT2D eigenvalue weighted by Gasteiger charge is -2.28. The third-order valence-corrected chi connectivity index (χ3v) is 5.96. The Kier molecular flexibility index (Phi) is 7.99. The highest BCUT2D eigenvalue weighted by Gasteiger charge is 2.33. The standard InChI is InChI=1S/C30H30N2O5/c1-4-5-12-34-26-9-7-6-8-23(26)29-24-11-10-21(16-27(24)37-30(32)25(29)17-31)36-28(33)18-35-22-14-19(2)13-20(3)15-22/h6-11,13-16,29H,4-5,12,18,32H2,1-3H3. The molecule has 4 rings (SSSR count). The average Bonchev–Trinajstić information content (AvgIpc) is 2.86. The number of hydrogen-bond donors (Lipinski definition) is 1. The molecule has 0 aliphatic carbocycles. The zero-order valence-electron chi connectivity index (χ0n) is 21.2. The molecular formula is C30H30N2O5. The molecule has 0 spiro atoms. The van der Waals surface area contributed by atoms with E-state index in [-0.39, 0.29) is 18.2 Å². The molecular weight excluding hydrogens is 468 g/mol. The molecule has 1 aliphatic heterocycles. The molecule has 0 amide bonds. The summed E-state index contributed by atoms with van der Waals surface area (Å²) in [5, 5.41) is 9.89. The highest BCUT2D eigenvalue weighted by molar-refractivity contribution is 5.74. The van der Waals surface area contributed by atoms with Gasteiger partial charge < -0.3 is 24.7 Å². The number of rotatable bonds is 9. The number of benzene rings is 3. The Bertz CT molecular complexity index is 1350. The van der Waals surface area contributed by atoms with E-state index in [1.807, 2.05) is 56.3 Å². The van der Waals surface area contributed by atoms with Gasteiger partial charge >= 0.3 is 5.97 Å². The lowest BCUT2D eigenvalue weighted by Crippen LogP contribution is -2.22. The van der Waals surface area contributed by atoms with Crippen molar-refractivity contribution in [3.63, 3.8) is 0 Å². The Hall–Kier alpha value is -4.44. The second kappa shape index (κ2) is 11.5. The van der Waals surface area contributed by atoms with E-state index in [2.05, 4.69) is 13.0 Å². The summed E-state index contributed by atoms with van der Waals surface area (Å²) in [7, 11) is 0. The Morgan fingerprint density at radius 1 is 1.00 bits per heavy atom. The summed E-state index contributed by atoms with van der Waals surface area (Å²) in [6, 6.07) is 20.6. The van der Waals surface area contributed by atoms with E-state index in [9.17, 15) is 10.1 Å². The molecule has 0 radical (unpaired) electrons. The van der Waals surface area contributed by atoms with Crippen LogP contribution in [0.4, 0.5) is 0 Å². The van der Waals surface area contributed by atoms with Crippen LogP contribution in [-0.2, 0) is 4.79 Å². The van der Waals surface area contributed by atoms with Crippen LogP contribution < -0.4 is 24.7 Å². The van der Waals surface area contributed by atoms with Crippen LogP contribution in [-0.4, -0.2) is 19.2 Å². The van der Waals surface area contributed by atoms with Crippen LogP contribution in [0.3, 0.4) is 0 Å². The molecule has 0 bridgehead atoms. The van der Waals surface area contributed by atoms with Crippen molar-refractivity contribution >= 4 is 5.97 Å². The number of hydrogen-bond acceptors (Lipinski definition) is 7. The van der Waals surface area contributed by atoms with Crippen LogP contribution in [0.15, 0.2) is 72.1 Å². The number of para-hydroxylation sites is 1. The Morgan fingerprint density at radius 2 is 1.76 bits per heavy atom. The van der Waals surface area contributed by atoms with Crippen molar-refractivity contribution in [1.82, 2.24) is 0 Å². The van der Waals surface area contributed by atoms with E-state index in [4.69, 9.17) is 24.7 Å². The Balaban J connectivity index is 1.56. The van der Waals surface area contributed by atoms with E-state index in [0.717, 1.165) is 35.1 Å². The summed E-state index contributed by atoms with van der Waals surface area (Å²) >= 11 is 0. The fraction of sp³-hybridized carbons (Fsp3) is 0.267. The maximum Gasteiger partial charge on any atom is 0.349 e. The van der Waals surface area contributed by atoms with Gasteiger partial charge in [-0.05, 0) is 55.7 Å². The van der Waals surface area contributed by atoms with Crippen LogP contribution in [0.1, 0.15) is 47.9 Å². The molecule has 37 heavy (non-hydrogen) atoms. The van der Waals surface area contributed by atoms with Crippen LogP contribution in [0.25, 0.3) is 0 Å². The van der Waals surface area contributed by atoms with Crippen molar-refractivity contribution in [2.24, 2.45) is 5.73 Å². The number of carbonyl (C=O) groups is 1. The van der Waals surface area contributed by atoms with Gasteiger partial charge in [-0.1, -0.05) is 43.7 Å². The van der Waals surface area contributed by atoms with Gasteiger partial charge in [0.1, 0.15) is 34.6 Å². The van der Waals surface area contributed by atoms with Gasteiger partial charge in [0.2, 0.25) is 5.88 Å². The number of allylic oxidation sites excluding steroid dienone is 1. The van der Waals surface area contributed by atoms with Crippen molar-refractivity contribution in [2.45, 2.75) is 39.5 Å². The van der Waals surface area contributed by atoms with Gasteiger partial charge in [-0.25, -0.2) is 4.79 Å². The minimum atomic E-state index is -0.553. The zero-order chi connectivity index (χ0) is 26.4. The summed E-state index contributed by atoms with van der Waals surface area (Å²) < 4.78 is 22.9. The number of ether oxygens (including phenoxy) is 4. The van der Waals surface area contributed by atoms with Gasteiger partial charge in [0.25, 0.3) is 0 Å². The predicted octanol–water partition coefficient (Wildman–Crippen LogP) is 5.68. The highest BCUT2D eigenvalue weighted by Crippen LogP contribution is 2.45. The first-order valence-electron chi connectivity index (χ1n) is 12.2. The summed E-state index contributed by atoms with van der Waals surface area (Å²) in [4.78, 5) is 12.5. The molecule has 2 N–H and O–H groups in total. The molecule has 0 saturated carbocycles. The minimum absolute atomic E-state index is 0.00462. The zero-order valence-corrected chi connectivity index (χ0v) is 21.2. The summed E-state index contributed by atoms with van der Waals surface area (Å²) in [5.41, 5.74) is 10.1. The van der Waals surface area contributed by atoms with Crippen molar-refractivity contribution in [2.75, 3.05) is 13.2 Å². The third kappa shape index (κ3) is 6.04. The summed E-state index contributed by atoms with van der Waals surface area (Å²) in [6.45, 7) is 6.36. The first-order chi connectivity index (χ1) is 17.9. The van der Waals surface area contributed by atoms with Gasteiger partial charge in [-0.15, -0.1) is 0 Å². The molecule has 7 heteroatoms. The molecule has 1 heterocycles. The van der Waals surface area contributed by atoms with E-state index in [1.54, 1.807) is 18.2 Å². The van der Waals surface area contributed by atoms with E-state index >= 15 is 0 Å². The monoisotopic (exact) mass is 498 g/mol. The van der Waals surface area contributed by atoms with Gasteiger partial charge in [0, 0.05) is 17.2 Å². The number of nitriles is 1. The van der Waals surface area contributed by atoms with Crippen LogP contribution in [0, 0.1) is 25.2 Å². The van der Waals surface area contributed by atoms with Crippen molar-refractivity contribution in [3.8, 4) is 29.1 Å². The first kappa shape index (κ1) is 25.6. The number of aryl methyl sites for hydroxylation is 2. The van der Waals surface area contributed by atoms with Crippen molar-refractivity contribution in [3.05, 3.63) is 94.4 Å². The molecule has 0 fully saturated rings. The second-order valence-corrected chi connectivity index (χ2v) is 8.95. The van der Waals surface area contributed by atoms with E-state index < -0.39 is 11.9 Å². The largest absolute Gasteiger partial charge is 0.493 e. The molecule has 190 valence electrons. The molecule has 3 aromatic carbocycles.